The van der Waals surface area contributed by atoms with E-state index in [-0.39, 0.29) is 5.60 Å². The summed E-state index contributed by atoms with van der Waals surface area (Å²) in [5, 5.41) is 4.38. The Morgan fingerprint density at radius 1 is 1.42 bits per heavy atom. The van der Waals surface area contributed by atoms with E-state index in [0.29, 0.717) is 12.7 Å². The molecule has 1 atom stereocenters. The number of nitrogens with zero attached hydrogens (tertiary/aromatic N) is 2. The molecule has 128 valence electrons. The van der Waals surface area contributed by atoms with E-state index in [1.807, 2.05) is 18.5 Å². The Bertz CT molecular complexity index is 668. The monoisotopic (exact) mass is 344 g/mol. The van der Waals surface area contributed by atoms with Crippen molar-refractivity contribution in [3.8, 4) is 0 Å². The van der Waals surface area contributed by atoms with Gasteiger partial charge in [-0.25, -0.2) is 0 Å². The van der Waals surface area contributed by atoms with E-state index < -0.39 is 0 Å². The predicted octanol–water partition coefficient (Wildman–Crippen LogP) is 3.40. The predicted molar refractivity (Wildman–Crippen MR) is 95.1 cm³/mol. The molecule has 5 heteroatoms. The third kappa shape index (κ3) is 3.54. The van der Waals surface area contributed by atoms with Crippen molar-refractivity contribution in [2.45, 2.75) is 44.6 Å². The van der Waals surface area contributed by atoms with Crippen LogP contribution in [0, 0.1) is 6.92 Å². The molecular formula is C19H24N2O2S. The molecule has 4 nitrogen and oxygen atoms in total. The van der Waals surface area contributed by atoms with Gasteiger partial charge in [0.25, 0.3) is 0 Å². The van der Waals surface area contributed by atoms with E-state index >= 15 is 0 Å². The maximum absolute atomic E-state index is 6.19. The average Bonchev–Trinajstić information content (AvgIpc) is 3.06. The third-order valence-electron chi connectivity index (χ3n) is 5.08. The van der Waals surface area contributed by atoms with Crippen LogP contribution in [-0.4, -0.2) is 41.3 Å². The number of pyridine rings is 1. The van der Waals surface area contributed by atoms with Crippen molar-refractivity contribution < 1.29 is 9.47 Å². The standard InChI is InChI=1S/C19H24N2O2S/c1-15-2-5-20-9-17(15)11-22-18-3-6-23-19(8-18)13-21(14-19)10-16-4-7-24-12-16/h2,4-5,7,9,12,18H,3,6,8,10-11,13-14H2,1H3/t18-/m1/s1. The molecule has 2 aliphatic heterocycles. The molecule has 0 radical (unpaired) electrons. The zero-order valence-corrected chi connectivity index (χ0v) is 14.9. The second-order valence-corrected chi connectivity index (χ2v) is 7.82. The fraction of sp³-hybridized carbons (Fsp3) is 0.526. The quantitative estimate of drug-likeness (QED) is 0.833. The van der Waals surface area contributed by atoms with Gasteiger partial charge in [0, 0.05) is 45.1 Å². The van der Waals surface area contributed by atoms with Crippen LogP contribution < -0.4 is 0 Å². The van der Waals surface area contributed by atoms with Crippen LogP contribution >= 0.6 is 11.3 Å². The van der Waals surface area contributed by atoms with Gasteiger partial charge in [0.15, 0.2) is 0 Å². The molecule has 0 bridgehead atoms. The Balaban J connectivity index is 1.28. The van der Waals surface area contributed by atoms with E-state index in [1.54, 1.807) is 11.3 Å². The van der Waals surface area contributed by atoms with Crippen LogP contribution in [-0.2, 0) is 22.6 Å². The Kier molecular flexibility index (Phi) is 4.68. The van der Waals surface area contributed by atoms with E-state index in [2.05, 4.69) is 33.6 Å². The first kappa shape index (κ1) is 16.2. The van der Waals surface area contributed by atoms with Gasteiger partial charge in [-0.1, -0.05) is 0 Å². The van der Waals surface area contributed by atoms with Crippen molar-refractivity contribution in [1.29, 1.82) is 0 Å². The fourth-order valence-electron chi connectivity index (χ4n) is 3.72. The third-order valence-corrected chi connectivity index (χ3v) is 5.81. The Labute approximate surface area is 147 Å². The van der Waals surface area contributed by atoms with Gasteiger partial charge < -0.3 is 9.47 Å². The Morgan fingerprint density at radius 3 is 3.12 bits per heavy atom. The zero-order valence-electron chi connectivity index (χ0n) is 14.1. The minimum Gasteiger partial charge on any atom is -0.373 e. The lowest BCUT2D eigenvalue weighted by Gasteiger charge is -2.53. The van der Waals surface area contributed by atoms with Crippen LogP contribution in [0.2, 0.25) is 0 Å². The van der Waals surface area contributed by atoms with Gasteiger partial charge in [-0.3, -0.25) is 9.88 Å². The van der Waals surface area contributed by atoms with E-state index in [4.69, 9.17) is 9.47 Å². The number of rotatable bonds is 5. The van der Waals surface area contributed by atoms with Crippen molar-refractivity contribution in [3.63, 3.8) is 0 Å². The van der Waals surface area contributed by atoms with Crippen LogP contribution in [0.4, 0.5) is 0 Å². The van der Waals surface area contributed by atoms with Crippen molar-refractivity contribution in [2.75, 3.05) is 19.7 Å². The minimum atomic E-state index is 0.0168. The summed E-state index contributed by atoms with van der Waals surface area (Å²) >= 11 is 1.77. The van der Waals surface area contributed by atoms with E-state index in [9.17, 15) is 0 Å². The molecule has 0 aromatic carbocycles. The highest BCUT2D eigenvalue weighted by Gasteiger charge is 2.47. The van der Waals surface area contributed by atoms with E-state index in [0.717, 1.165) is 39.1 Å². The highest BCUT2D eigenvalue weighted by molar-refractivity contribution is 7.07. The summed E-state index contributed by atoms with van der Waals surface area (Å²) in [7, 11) is 0. The van der Waals surface area contributed by atoms with Gasteiger partial charge >= 0.3 is 0 Å². The fourth-order valence-corrected chi connectivity index (χ4v) is 4.38. The lowest BCUT2D eigenvalue weighted by atomic mass is 9.84. The summed E-state index contributed by atoms with van der Waals surface area (Å²) in [5.41, 5.74) is 3.86. The maximum Gasteiger partial charge on any atom is 0.0959 e. The summed E-state index contributed by atoms with van der Waals surface area (Å²) < 4.78 is 12.3. The molecule has 2 aromatic heterocycles. The minimum absolute atomic E-state index is 0.0168. The molecule has 2 aliphatic rings. The lowest BCUT2D eigenvalue weighted by Crippen LogP contribution is -2.65. The highest BCUT2D eigenvalue weighted by atomic mass is 32.1. The summed E-state index contributed by atoms with van der Waals surface area (Å²) in [4.78, 5) is 6.67. The number of aromatic nitrogens is 1. The smallest absolute Gasteiger partial charge is 0.0959 e. The number of hydrogen-bond donors (Lipinski definition) is 0. The van der Waals surface area contributed by atoms with Gasteiger partial charge in [0.1, 0.15) is 0 Å². The molecule has 0 saturated carbocycles. The number of hydrogen-bond acceptors (Lipinski definition) is 5. The molecule has 4 rings (SSSR count). The topological polar surface area (TPSA) is 34.6 Å². The largest absolute Gasteiger partial charge is 0.373 e. The molecule has 2 aromatic rings. The highest BCUT2D eigenvalue weighted by Crippen LogP contribution is 2.36. The molecule has 0 unspecified atom stereocenters. The first-order valence-corrected chi connectivity index (χ1v) is 9.55. The van der Waals surface area contributed by atoms with Crippen molar-refractivity contribution >= 4 is 11.3 Å². The summed E-state index contributed by atoms with van der Waals surface area (Å²) in [6.45, 7) is 6.65. The van der Waals surface area contributed by atoms with E-state index in [1.165, 1.54) is 16.7 Å². The number of likely N-dealkylation sites (tertiary alicyclic amines) is 1. The molecule has 4 heterocycles. The van der Waals surface area contributed by atoms with Crippen LogP contribution in [0.25, 0.3) is 0 Å². The molecule has 0 N–H and O–H groups in total. The van der Waals surface area contributed by atoms with Gasteiger partial charge in [-0.2, -0.15) is 11.3 Å². The van der Waals surface area contributed by atoms with Crippen molar-refractivity contribution in [1.82, 2.24) is 9.88 Å². The zero-order chi connectivity index (χ0) is 16.4. The normalized spacial score (nSPS) is 23.3. The molecule has 0 amide bonds. The van der Waals surface area contributed by atoms with Crippen LogP contribution in [0.1, 0.15) is 29.5 Å². The van der Waals surface area contributed by atoms with Gasteiger partial charge in [-0.05, 0) is 52.9 Å². The van der Waals surface area contributed by atoms with Crippen LogP contribution in [0.3, 0.4) is 0 Å². The average molecular weight is 344 g/mol. The molecule has 2 saturated heterocycles. The maximum atomic E-state index is 6.19. The SMILES string of the molecule is Cc1ccncc1CO[C@@H]1CCOC2(C1)CN(Cc1ccsc1)C2. The second-order valence-electron chi connectivity index (χ2n) is 7.04. The molecular weight excluding hydrogens is 320 g/mol. The van der Waals surface area contributed by atoms with Crippen LogP contribution in [0.15, 0.2) is 35.3 Å². The number of ether oxygens (including phenoxy) is 2. The van der Waals surface area contributed by atoms with Gasteiger partial charge in [-0.15, -0.1) is 0 Å². The lowest BCUT2D eigenvalue weighted by molar-refractivity contribution is -0.200. The first-order chi connectivity index (χ1) is 11.7. The summed E-state index contributed by atoms with van der Waals surface area (Å²) in [6.07, 6.45) is 6.04. The molecule has 24 heavy (non-hydrogen) atoms. The Hall–Kier alpha value is -1.27. The summed E-state index contributed by atoms with van der Waals surface area (Å²) in [6, 6.07) is 4.25. The van der Waals surface area contributed by atoms with Gasteiger partial charge in [0.2, 0.25) is 0 Å². The first-order valence-electron chi connectivity index (χ1n) is 8.61. The number of aryl methyl sites for hydroxylation is 1. The molecule has 1 spiro atoms. The van der Waals surface area contributed by atoms with Crippen molar-refractivity contribution in [3.05, 3.63) is 52.0 Å². The Morgan fingerprint density at radius 2 is 2.33 bits per heavy atom. The molecule has 2 fully saturated rings. The molecule has 0 aliphatic carbocycles. The van der Waals surface area contributed by atoms with Crippen LogP contribution in [0.5, 0.6) is 0 Å². The van der Waals surface area contributed by atoms with Gasteiger partial charge in [0.05, 0.1) is 18.3 Å². The van der Waals surface area contributed by atoms with Crippen molar-refractivity contribution in [2.24, 2.45) is 0 Å². The second kappa shape index (κ2) is 6.92. The summed E-state index contributed by atoms with van der Waals surface area (Å²) in [5.74, 6) is 0. The number of thiophene rings is 1.